The van der Waals surface area contributed by atoms with Gasteiger partial charge in [-0.15, -0.1) is 0 Å². The fourth-order valence-electron chi connectivity index (χ4n) is 4.09. The van der Waals surface area contributed by atoms with Gasteiger partial charge in [-0.1, -0.05) is 31.4 Å². The molecule has 2 amide bonds. The van der Waals surface area contributed by atoms with E-state index in [1.807, 2.05) is 0 Å². The number of amides is 2. The number of hydrogen-bond acceptors (Lipinski definition) is 3. The predicted molar refractivity (Wildman–Crippen MR) is 104 cm³/mol. The Kier molecular flexibility index (Phi) is 5.41. The summed E-state index contributed by atoms with van der Waals surface area (Å²) in [5.74, 6) is 0.215. The summed E-state index contributed by atoms with van der Waals surface area (Å²) >= 11 is 0. The highest BCUT2D eigenvalue weighted by atomic mass is 19.1. The van der Waals surface area contributed by atoms with Crippen LogP contribution in [0, 0.1) is 5.82 Å². The van der Waals surface area contributed by atoms with Crippen molar-refractivity contribution < 1.29 is 9.18 Å². The van der Waals surface area contributed by atoms with E-state index in [0.717, 1.165) is 36.9 Å². The molecule has 1 aliphatic heterocycles. The van der Waals surface area contributed by atoms with Gasteiger partial charge in [0.15, 0.2) is 0 Å². The molecule has 0 radical (unpaired) electrons. The molecule has 28 heavy (non-hydrogen) atoms. The van der Waals surface area contributed by atoms with Crippen LogP contribution in [0.5, 0.6) is 0 Å². The van der Waals surface area contributed by atoms with Gasteiger partial charge in [0, 0.05) is 25.4 Å². The quantitative estimate of drug-likeness (QED) is 0.854. The third-order valence-corrected chi connectivity index (χ3v) is 5.60. The highest BCUT2D eigenvalue weighted by Crippen LogP contribution is 2.19. The monoisotopic (exact) mass is 384 g/mol. The van der Waals surface area contributed by atoms with Gasteiger partial charge in [-0.05, 0) is 30.5 Å². The van der Waals surface area contributed by atoms with Crippen LogP contribution < -0.4 is 10.9 Å². The maximum absolute atomic E-state index is 13.4. The Morgan fingerprint density at radius 3 is 2.89 bits per heavy atom. The van der Waals surface area contributed by atoms with Gasteiger partial charge in [-0.3, -0.25) is 4.79 Å². The van der Waals surface area contributed by atoms with Crippen molar-refractivity contribution in [3.63, 3.8) is 0 Å². The molecule has 0 bridgehead atoms. The summed E-state index contributed by atoms with van der Waals surface area (Å²) in [6, 6.07) is 6.42. The molecule has 0 saturated heterocycles. The maximum atomic E-state index is 13.4. The zero-order chi connectivity index (χ0) is 19.5. The second-order valence-electron chi connectivity index (χ2n) is 7.70. The fourth-order valence-corrected chi connectivity index (χ4v) is 4.09. The summed E-state index contributed by atoms with van der Waals surface area (Å²) in [5.41, 5.74) is 1.82. The zero-order valence-electron chi connectivity index (χ0n) is 15.8. The van der Waals surface area contributed by atoms with Crippen LogP contribution in [0.3, 0.4) is 0 Å². The molecule has 1 fully saturated rings. The van der Waals surface area contributed by atoms with Gasteiger partial charge in [-0.25, -0.2) is 14.2 Å². The Morgan fingerprint density at radius 2 is 2.11 bits per heavy atom. The van der Waals surface area contributed by atoms with E-state index in [9.17, 15) is 14.0 Å². The first kappa shape index (κ1) is 18.7. The lowest BCUT2D eigenvalue weighted by atomic mass is 9.96. The van der Waals surface area contributed by atoms with E-state index in [2.05, 4.69) is 15.3 Å². The summed E-state index contributed by atoms with van der Waals surface area (Å²) in [4.78, 5) is 34.2. The van der Waals surface area contributed by atoms with Crippen LogP contribution in [-0.2, 0) is 19.4 Å². The van der Waals surface area contributed by atoms with E-state index in [-0.39, 0.29) is 30.0 Å². The van der Waals surface area contributed by atoms with Gasteiger partial charge in [0.2, 0.25) is 0 Å². The Morgan fingerprint density at radius 1 is 1.29 bits per heavy atom. The molecule has 1 aromatic heterocycles. The number of hydrogen-bond donors (Lipinski definition) is 2. The lowest BCUT2D eigenvalue weighted by Gasteiger charge is -2.31. The normalized spacial score (nSPS) is 17.2. The van der Waals surface area contributed by atoms with E-state index >= 15 is 0 Å². The summed E-state index contributed by atoms with van der Waals surface area (Å²) < 4.78 is 13.4. The molecular formula is C21H25FN4O2. The number of nitrogens with one attached hydrogen (secondary N) is 2. The molecule has 1 aliphatic carbocycles. The maximum Gasteiger partial charge on any atom is 0.317 e. The van der Waals surface area contributed by atoms with Crippen LogP contribution >= 0.6 is 0 Å². The van der Waals surface area contributed by atoms with Crippen molar-refractivity contribution >= 4 is 6.03 Å². The van der Waals surface area contributed by atoms with Crippen molar-refractivity contribution in [2.24, 2.45) is 0 Å². The molecule has 4 rings (SSSR count). The molecule has 1 aromatic carbocycles. The van der Waals surface area contributed by atoms with Gasteiger partial charge in [0.05, 0.1) is 17.8 Å². The number of nitrogens with zero attached hydrogens (tertiary/aromatic N) is 2. The van der Waals surface area contributed by atoms with Crippen molar-refractivity contribution in [3.8, 4) is 0 Å². The van der Waals surface area contributed by atoms with E-state index in [4.69, 9.17) is 0 Å². The molecule has 7 heteroatoms. The Balaban J connectivity index is 1.45. The lowest BCUT2D eigenvalue weighted by Crippen LogP contribution is -2.48. The molecule has 2 N–H and O–H groups in total. The first-order valence-corrected chi connectivity index (χ1v) is 9.99. The second kappa shape index (κ2) is 8.12. The summed E-state index contributed by atoms with van der Waals surface area (Å²) in [6.07, 6.45) is 6.53. The number of fused-ring (bicyclic) bond motifs is 1. The first-order valence-electron chi connectivity index (χ1n) is 9.99. The molecule has 2 aliphatic rings. The molecule has 0 atom stereocenters. The second-order valence-corrected chi connectivity index (χ2v) is 7.70. The Hall–Kier alpha value is -2.70. The number of rotatable bonds is 3. The smallest absolute Gasteiger partial charge is 0.317 e. The fraction of sp³-hybridized carbons (Fsp3) is 0.476. The minimum Gasteiger partial charge on any atom is -0.335 e. The summed E-state index contributed by atoms with van der Waals surface area (Å²) in [5, 5.41) is 3.11. The predicted octanol–water partition coefficient (Wildman–Crippen LogP) is 2.90. The van der Waals surface area contributed by atoms with Crippen LogP contribution in [-0.4, -0.2) is 33.5 Å². The zero-order valence-corrected chi connectivity index (χ0v) is 15.8. The minimum absolute atomic E-state index is 0.0965. The van der Waals surface area contributed by atoms with Crippen LogP contribution in [0.4, 0.5) is 9.18 Å². The topological polar surface area (TPSA) is 78.1 Å². The number of halogens is 1. The van der Waals surface area contributed by atoms with Crippen molar-refractivity contribution in [2.75, 3.05) is 6.54 Å². The molecular weight excluding hydrogens is 359 g/mol. The number of benzene rings is 1. The molecule has 148 valence electrons. The third kappa shape index (κ3) is 4.24. The number of carbonyl (C=O) groups excluding carboxylic acids is 1. The molecule has 0 unspecified atom stereocenters. The van der Waals surface area contributed by atoms with Gasteiger partial charge in [-0.2, -0.15) is 0 Å². The number of carbonyl (C=O) groups is 1. The van der Waals surface area contributed by atoms with Crippen LogP contribution in [0.15, 0.2) is 29.1 Å². The van der Waals surface area contributed by atoms with E-state index in [1.165, 1.54) is 18.6 Å². The number of H-pyrrole nitrogens is 1. The van der Waals surface area contributed by atoms with Crippen LogP contribution in [0.25, 0.3) is 0 Å². The molecule has 2 heterocycles. The van der Waals surface area contributed by atoms with Crippen molar-refractivity contribution in [3.05, 3.63) is 63.1 Å². The highest BCUT2D eigenvalue weighted by Gasteiger charge is 2.26. The average molecular weight is 384 g/mol. The summed E-state index contributed by atoms with van der Waals surface area (Å²) in [7, 11) is 0. The van der Waals surface area contributed by atoms with Crippen LogP contribution in [0.2, 0.25) is 0 Å². The SMILES string of the molecule is O=C(NC1CCCCC1)N1CCc2nc(Cc3cccc(F)c3)[nH]c(=O)c2C1. The van der Waals surface area contributed by atoms with Gasteiger partial charge in [0.1, 0.15) is 11.6 Å². The van der Waals surface area contributed by atoms with E-state index in [1.54, 1.807) is 17.0 Å². The molecule has 1 saturated carbocycles. The summed E-state index contributed by atoms with van der Waals surface area (Å²) in [6.45, 7) is 0.817. The Labute approximate surface area is 163 Å². The van der Waals surface area contributed by atoms with Gasteiger partial charge >= 0.3 is 6.03 Å². The van der Waals surface area contributed by atoms with Crippen LogP contribution in [0.1, 0.15) is 54.7 Å². The molecule has 6 nitrogen and oxygen atoms in total. The van der Waals surface area contributed by atoms with Gasteiger partial charge in [0.25, 0.3) is 5.56 Å². The lowest BCUT2D eigenvalue weighted by molar-refractivity contribution is 0.184. The number of urea groups is 1. The average Bonchev–Trinajstić information content (AvgIpc) is 2.68. The van der Waals surface area contributed by atoms with E-state index in [0.29, 0.717) is 30.8 Å². The van der Waals surface area contributed by atoms with Crippen molar-refractivity contribution in [1.29, 1.82) is 0 Å². The van der Waals surface area contributed by atoms with Gasteiger partial charge < -0.3 is 15.2 Å². The number of aromatic amines is 1. The van der Waals surface area contributed by atoms with Crippen molar-refractivity contribution in [1.82, 2.24) is 20.2 Å². The highest BCUT2D eigenvalue weighted by molar-refractivity contribution is 5.74. The largest absolute Gasteiger partial charge is 0.335 e. The Bertz CT molecular complexity index is 921. The molecule has 2 aromatic rings. The van der Waals surface area contributed by atoms with E-state index < -0.39 is 0 Å². The standard InChI is InChI=1S/C21H25FN4O2/c22-15-6-4-5-14(11-15)12-19-24-18-9-10-26(13-17(18)20(27)25-19)21(28)23-16-7-2-1-3-8-16/h4-6,11,16H,1-3,7-10,12-13H2,(H,23,28)(H,24,25,27). The number of aromatic nitrogens is 2. The minimum atomic E-state index is -0.308. The third-order valence-electron chi connectivity index (χ3n) is 5.60. The van der Waals surface area contributed by atoms with Crippen molar-refractivity contribution in [2.45, 2.75) is 57.5 Å². The molecule has 0 spiro atoms. The first-order chi connectivity index (χ1) is 13.6.